The lowest BCUT2D eigenvalue weighted by molar-refractivity contribution is 0.0544. The lowest BCUT2D eigenvalue weighted by Gasteiger charge is -2.09. The van der Waals surface area contributed by atoms with Gasteiger partial charge in [-0.2, -0.15) is 0 Å². The molecule has 0 atom stereocenters. The van der Waals surface area contributed by atoms with E-state index in [4.69, 9.17) is 23.7 Å². The van der Waals surface area contributed by atoms with Crippen molar-refractivity contribution in [2.45, 2.75) is 13.3 Å². The first-order valence-electron chi connectivity index (χ1n) is 9.33. The fourth-order valence-corrected chi connectivity index (χ4v) is 2.36. The minimum Gasteiger partial charge on any atom is -0.491 e. The molecular formula is C22H30O5. The van der Waals surface area contributed by atoms with Gasteiger partial charge in [0.25, 0.3) is 0 Å². The Morgan fingerprint density at radius 1 is 0.593 bits per heavy atom. The zero-order chi connectivity index (χ0) is 19.2. The molecule has 0 fully saturated rings. The highest BCUT2D eigenvalue weighted by atomic mass is 16.5. The number of hydrogen-bond donors (Lipinski definition) is 0. The van der Waals surface area contributed by atoms with Crippen molar-refractivity contribution in [2.24, 2.45) is 0 Å². The molecule has 2 aromatic rings. The van der Waals surface area contributed by atoms with Gasteiger partial charge in [-0.05, 0) is 43.2 Å². The van der Waals surface area contributed by atoms with E-state index in [1.807, 2.05) is 36.4 Å². The summed E-state index contributed by atoms with van der Waals surface area (Å²) in [6.45, 7) is 6.16. The van der Waals surface area contributed by atoms with E-state index >= 15 is 0 Å². The molecule has 0 aliphatic heterocycles. The first-order chi connectivity index (χ1) is 13.3. The smallest absolute Gasteiger partial charge is 0.119 e. The highest BCUT2D eigenvalue weighted by Gasteiger charge is 1.98. The Balaban J connectivity index is 1.51. The van der Waals surface area contributed by atoms with Gasteiger partial charge < -0.3 is 23.7 Å². The van der Waals surface area contributed by atoms with Crippen LogP contribution in [0, 0.1) is 6.92 Å². The standard InChI is InChI=1S/C22H30O5/c1-19-3-7-21(8-4-19)26-17-15-24-12-11-20-5-9-22(10-6-20)27-18-16-25-14-13-23-2/h3-10H,11-18H2,1-2H3. The summed E-state index contributed by atoms with van der Waals surface area (Å²) >= 11 is 0. The summed E-state index contributed by atoms with van der Waals surface area (Å²) in [7, 11) is 1.66. The number of ether oxygens (including phenoxy) is 5. The number of hydrogen-bond acceptors (Lipinski definition) is 5. The largest absolute Gasteiger partial charge is 0.491 e. The molecule has 0 bridgehead atoms. The molecule has 0 N–H and O–H groups in total. The Morgan fingerprint density at radius 2 is 1.11 bits per heavy atom. The van der Waals surface area contributed by atoms with Gasteiger partial charge in [0, 0.05) is 7.11 Å². The van der Waals surface area contributed by atoms with Crippen molar-refractivity contribution in [2.75, 3.05) is 53.4 Å². The second-order valence-corrected chi connectivity index (χ2v) is 6.12. The molecule has 0 amide bonds. The summed E-state index contributed by atoms with van der Waals surface area (Å²) in [5.74, 6) is 1.73. The number of rotatable bonds is 14. The van der Waals surface area contributed by atoms with E-state index in [0.29, 0.717) is 46.2 Å². The lowest BCUT2D eigenvalue weighted by Crippen LogP contribution is -2.10. The molecule has 2 aromatic carbocycles. The third-order valence-electron chi connectivity index (χ3n) is 3.90. The first-order valence-corrected chi connectivity index (χ1v) is 9.33. The van der Waals surface area contributed by atoms with E-state index in [0.717, 1.165) is 17.9 Å². The van der Waals surface area contributed by atoms with Crippen molar-refractivity contribution >= 4 is 0 Å². The molecule has 27 heavy (non-hydrogen) atoms. The molecule has 5 nitrogen and oxygen atoms in total. The van der Waals surface area contributed by atoms with Gasteiger partial charge in [0.2, 0.25) is 0 Å². The van der Waals surface area contributed by atoms with Gasteiger partial charge in [0.05, 0.1) is 33.0 Å². The molecule has 2 rings (SSSR count). The predicted molar refractivity (Wildman–Crippen MR) is 106 cm³/mol. The van der Waals surface area contributed by atoms with Crippen molar-refractivity contribution in [1.82, 2.24) is 0 Å². The third-order valence-corrected chi connectivity index (χ3v) is 3.90. The van der Waals surface area contributed by atoms with E-state index < -0.39 is 0 Å². The van der Waals surface area contributed by atoms with Crippen molar-refractivity contribution < 1.29 is 23.7 Å². The maximum Gasteiger partial charge on any atom is 0.119 e. The molecule has 0 heterocycles. The average molecular weight is 374 g/mol. The molecular weight excluding hydrogens is 344 g/mol. The van der Waals surface area contributed by atoms with Crippen LogP contribution in [0.1, 0.15) is 11.1 Å². The summed E-state index contributed by atoms with van der Waals surface area (Å²) in [4.78, 5) is 0. The second kappa shape index (κ2) is 13.1. The Hall–Kier alpha value is -2.08. The number of methoxy groups -OCH3 is 1. The van der Waals surface area contributed by atoms with Gasteiger partial charge in [-0.1, -0.05) is 29.8 Å². The van der Waals surface area contributed by atoms with Crippen LogP contribution in [0.3, 0.4) is 0 Å². The maximum atomic E-state index is 5.64. The monoisotopic (exact) mass is 374 g/mol. The predicted octanol–water partition coefficient (Wildman–Crippen LogP) is 3.67. The zero-order valence-corrected chi connectivity index (χ0v) is 16.3. The summed E-state index contributed by atoms with van der Waals surface area (Å²) in [5.41, 5.74) is 2.45. The van der Waals surface area contributed by atoms with Gasteiger partial charge in [-0.25, -0.2) is 0 Å². The fraction of sp³-hybridized carbons (Fsp3) is 0.455. The molecule has 0 saturated heterocycles. The second-order valence-electron chi connectivity index (χ2n) is 6.12. The molecule has 0 aliphatic carbocycles. The normalized spacial score (nSPS) is 10.7. The Bertz CT molecular complexity index is 610. The van der Waals surface area contributed by atoms with E-state index in [1.165, 1.54) is 11.1 Å². The molecule has 148 valence electrons. The molecule has 0 spiro atoms. The maximum absolute atomic E-state index is 5.64. The fourth-order valence-electron chi connectivity index (χ4n) is 2.36. The minimum atomic E-state index is 0.535. The number of benzene rings is 2. The van der Waals surface area contributed by atoms with Crippen LogP contribution < -0.4 is 9.47 Å². The molecule has 0 aliphatic rings. The van der Waals surface area contributed by atoms with E-state index in [1.54, 1.807) is 7.11 Å². The highest BCUT2D eigenvalue weighted by Crippen LogP contribution is 2.13. The van der Waals surface area contributed by atoms with Crippen molar-refractivity contribution in [3.8, 4) is 11.5 Å². The van der Waals surface area contributed by atoms with Crippen molar-refractivity contribution in [3.63, 3.8) is 0 Å². The van der Waals surface area contributed by atoms with Gasteiger partial charge in [0.15, 0.2) is 0 Å². The van der Waals surface area contributed by atoms with Gasteiger partial charge in [0.1, 0.15) is 24.7 Å². The van der Waals surface area contributed by atoms with Crippen LogP contribution in [-0.2, 0) is 20.6 Å². The van der Waals surface area contributed by atoms with E-state index in [2.05, 4.69) is 19.1 Å². The first kappa shape index (κ1) is 21.2. The summed E-state index contributed by atoms with van der Waals surface area (Å²) in [6.07, 6.45) is 0.866. The minimum absolute atomic E-state index is 0.535. The summed E-state index contributed by atoms with van der Waals surface area (Å²) in [6, 6.07) is 16.1. The van der Waals surface area contributed by atoms with Crippen LogP contribution in [0.2, 0.25) is 0 Å². The van der Waals surface area contributed by atoms with E-state index in [9.17, 15) is 0 Å². The van der Waals surface area contributed by atoms with Crippen LogP contribution in [0.5, 0.6) is 11.5 Å². The Kier molecular flexibility index (Phi) is 10.3. The summed E-state index contributed by atoms with van der Waals surface area (Å²) < 4.78 is 27.2. The Morgan fingerprint density at radius 3 is 1.70 bits per heavy atom. The number of aryl methyl sites for hydroxylation is 1. The van der Waals surface area contributed by atoms with Crippen LogP contribution >= 0.6 is 0 Å². The van der Waals surface area contributed by atoms with E-state index in [-0.39, 0.29) is 0 Å². The summed E-state index contributed by atoms with van der Waals surface area (Å²) in [5, 5.41) is 0. The van der Waals surface area contributed by atoms with Crippen molar-refractivity contribution in [3.05, 3.63) is 59.7 Å². The molecule has 0 aromatic heterocycles. The Labute approximate surface area is 162 Å². The lowest BCUT2D eigenvalue weighted by atomic mass is 10.1. The zero-order valence-electron chi connectivity index (χ0n) is 16.3. The van der Waals surface area contributed by atoms with Crippen LogP contribution in [-0.4, -0.2) is 53.4 Å². The topological polar surface area (TPSA) is 46.2 Å². The third kappa shape index (κ3) is 9.43. The van der Waals surface area contributed by atoms with Gasteiger partial charge in [-0.3, -0.25) is 0 Å². The molecule has 0 radical (unpaired) electrons. The average Bonchev–Trinajstić information content (AvgIpc) is 2.69. The molecule has 0 saturated carbocycles. The van der Waals surface area contributed by atoms with Crippen LogP contribution in [0.4, 0.5) is 0 Å². The molecule has 0 unspecified atom stereocenters. The van der Waals surface area contributed by atoms with Crippen LogP contribution in [0.15, 0.2) is 48.5 Å². The SMILES string of the molecule is COCCOCCOc1ccc(CCOCCOc2ccc(C)cc2)cc1. The van der Waals surface area contributed by atoms with Gasteiger partial charge >= 0.3 is 0 Å². The molecule has 5 heteroatoms. The van der Waals surface area contributed by atoms with Gasteiger partial charge in [-0.15, -0.1) is 0 Å². The quantitative estimate of drug-likeness (QED) is 0.472. The van der Waals surface area contributed by atoms with Crippen molar-refractivity contribution in [1.29, 1.82) is 0 Å². The van der Waals surface area contributed by atoms with Crippen LogP contribution in [0.25, 0.3) is 0 Å². The highest BCUT2D eigenvalue weighted by molar-refractivity contribution is 5.27.